The minimum atomic E-state index is -0.753. The zero-order chi connectivity index (χ0) is 29.8. The van der Waals surface area contributed by atoms with Gasteiger partial charge in [-0.05, 0) is 64.9 Å². The minimum Gasteiger partial charge on any atom is -0.325 e. The lowest BCUT2D eigenvalue weighted by Gasteiger charge is -2.30. The molecule has 1 aromatic heterocycles. The van der Waals surface area contributed by atoms with Gasteiger partial charge >= 0.3 is 4.87 Å². The molecule has 1 fully saturated rings. The number of imide groups is 1. The van der Waals surface area contributed by atoms with Gasteiger partial charge in [0.15, 0.2) is 0 Å². The third-order valence-electron chi connectivity index (χ3n) is 7.68. The van der Waals surface area contributed by atoms with Crippen molar-refractivity contribution in [2.75, 3.05) is 10.2 Å². The Bertz CT molecular complexity index is 2010. The molecule has 214 valence electrons. The van der Waals surface area contributed by atoms with Gasteiger partial charge in [0, 0.05) is 25.4 Å². The summed E-state index contributed by atoms with van der Waals surface area (Å²) in [5.74, 6) is -2.23. The number of rotatable bonds is 5. The van der Waals surface area contributed by atoms with Crippen LogP contribution < -0.4 is 15.1 Å². The van der Waals surface area contributed by atoms with Crippen LogP contribution in [-0.4, -0.2) is 27.5 Å². The number of benzene rings is 4. The summed E-state index contributed by atoms with van der Waals surface area (Å²) in [7, 11) is 0. The smallest absolute Gasteiger partial charge is 0.308 e. The van der Waals surface area contributed by atoms with Crippen LogP contribution in [0.25, 0.3) is 10.8 Å². The lowest BCUT2D eigenvalue weighted by atomic mass is 9.83. The minimum absolute atomic E-state index is 0.217. The van der Waals surface area contributed by atoms with Gasteiger partial charge in [0.1, 0.15) is 11.8 Å². The molecular weight excluding hydrogens is 714 g/mol. The molecule has 4 aromatic carbocycles. The van der Waals surface area contributed by atoms with E-state index in [0.717, 1.165) is 36.6 Å². The molecule has 5 aromatic rings. The van der Waals surface area contributed by atoms with Crippen molar-refractivity contribution in [3.8, 4) is 0 Å². The zero-order valence-corrected chi connectivity index (χ0v) is 27.0. The van der Waals surface area contributed by atoms with Crippen LogP contribution in [0.4, 0.5) is 11.4 Å². The van der Waals surface area contributed by atoms with Crippen molar-refractivity contribution in [1.82, 2.24) is 4.57 Å². The number of fused-ring (bicyclic) bond motifs is 3. The largest absolute Gasteiger partial charge is 0.325 e. The number of anilines is 2. The summed E-state index contributed by atoms with van der Waals surface area (Å²) in [6, 6.07) is 28.2. The van der Waals surface area contributed by atoms with E-state index in [9.17, 15) is 19.2 Å². The SMILES string of the molecule is O=C(Cn1c2c(sc1=O)[C@@H](c1cccc(Br)c1)[C@@H]1C(=O)N(c3ccc(Br)cc3)C(=O)[C@@H]1S2)Nc1ccc2ccccc2c1. The van der Waals surface area contributed by atoms with Gasteiger partial charge in [-0.15, -0.1) is 0 Å². The highest BCUT2D eigenvalue weighted by Gasteiger charge is 2.56. The summed E-state index contributed by atoms with van der Waals surface area (Å²) in [6.45, 7) is -0.217. The number of halogens is 2. The molecule has 0 bridgehead atoms. The van der Waals surface area contributed by atoms with Crippen molar-refractivity contribution in [3.63, 3.8) is 0 Å². The molecule has 7 rings (SSSR count). The summed E-state index contributed by atoms with van der Waals surface area (Å²) < 4.78 is 3.09. The first-order valence-electron chi connectivity index (χ1n) is 13.4. The van der Waals surface area contributed by atoms with Crippen LogP contribution in [0.15, 0.2) is 110 Å². The van der Waals surface area contributed by atoms with Crippen LogP contribution >= 0.6 is 55.0 Å². The van der Waals surface area contributed by atoms with Crippen molar-refractivity contribution in [2.24, 2.45) is 5.92 Å². The quantitative estimate of drug-likeness (QED) is 0.196. The number of nitrogens with zero attached hydrogens (tertiary/aromatic N) is 2. The second kappa shape index (κ2) is 11.2. The van der Waals surface area contributed by atoms with Crippen molar-refractivity contribution in [1.29, 1.82) is 0 Å². The molecule has 0 radical (unpaired) electrons. The number of carbonyl (C=O) groups is 3. The molecule has 0 spiro atoms. The highest BCUT2D eigenvalue weighted by Crippen LogP contribution is 2.54. The summed E-state index contributed by atoms with van der Waals surface area (Å²) >= 11 is 9.18. The summed E-state index contributed by atoms with van der Waals surface area (Å²) in [6.07, 6.45) is 0. The van der Waals surface area contributed by atoms with Crippen LogP contribution in [0.2, 0.25) is 0 Å². The van der Waals surface area contributed by atoms with E-state index in [1.165, 1.54) is 21.2 Å². The summed E-state index contributed by atoms with van der Waals surface area (Å²) in [4.78, 5) is 56.2. The number of nitrogens with one attached hydrogen (secondary N) is 1. The first-order valence-corrected chi connectivity index (χ1v) is 16.6. The molecule has 2 aliphatic heterocycles. The molecular formula is C32H21Br2N3O4S2. The maximum absolute atomic E-state index is 14.0. The Morgan fingerprint density at radius 2 is 1.58 bits per heavy atom. The van der Waals surface area contributed by atoms with E-state index in [1.807, 2.05) is 66.7 Å². The highest BCUT2D eigenvalue weighted by atomic mass is 79.9. The van der Waals surface area contributed by atoms with Crippen molar-refractivity contribution < 1.29 is 14.4 Å². The molecule has 0 unspecified atom stereocenters. The predicted molar refractivity (Wildman–Crippen MR) is 177 cm³/mol. The lowest BCUT2D eigenvalue weighted by molar-refractivity contribution is -0.122. The molecule has 0 saturated carbocycles. The van der Waals surface area contributed by atoms with Crippen LogP contribution in [-0.2, 0) is 20.9 Å². The van der Waals surface area contributed by atoms with Crippen LogP contribution in [0.3, 0.4) is 0 Å². The van der Waals surface area contributed by atoms with E-state index in [0.29, 0.717) is 21.3 Å². The van der Waals surface area contributed by atoms with Crippen LogP contribution in [0.1, 0.15) is 16.4 Å². The normalized spacial score (nSPS) is 19.4. The van der Waals surface area contributed by atoms with E-state index < -0.39 is 17.1 Å². The van der Waals surface area contributed by atoms with Crippen LogP contribution in [0, 0.1) is 5.92 Å². The first-order chi connectivity index (χ1) is 20.8. The maximum atomic E-state index is 14.0. The fraction of sp³-hybridized carbons (Fsp3) is 0.125. The Morgan fingerprint density at radius 3 is 2.35 bits per heavy atom. The van der Waals surface area contributed by atoms with E-state index in [4.69, 9.17) is 0 Å². The van der Waals surface area contributed by atoms with Gasteiger partial charge < -0.3 is 5.32 Å². The number of carbonyl (C=O) groups excluding carboxylic acids is 3. The number of hydrogen-bond donors (Lipinski definition) is 1. The Hall–Kier alpha value is -3.51. The van der Waals surface area contributed by atoms with Gasteiger partial charge in [-0.1, -0.05) is 97.4 Å². The van der Waals surface area contributed by atoms with E-state index >= 15 is 0 Å². The fourth-order valence-electron chi connectivity index (χ4n) is 5.77. The second-order valence-electron chi connectivity index (χ2n) is 10.3. The molecule has 11 heteroatoms. The molecule has 43 heavy (non-hydrogen) atoms. The van der Waals surface area contributed by atoms with E-state index in [-0.39, 0.29) is 29.1 Å². The number of aromatic nitrogens is 1. The van der Waals surface area contributed by atoms with E-state index in [1.54, 1.807) is 24.3 Å². The number of amides is 3. The molecule has 1 saturated heterocycles. The zero-order valence-electron chi connectivity index (χ0n) is 22.2. The third-order valence-corrected chi connectivity index (χ3v) is 11.3. The number of thiazole rings is 1. The fourth-order valence-corrected chi connectivity index (χ4v) is 9.22. The third kappa shape index (κ3) is 5.08. The van der Waals surface area contributed by atoms with Crippen molar-refractivity contribution >= 4 is 94.8 Å². The van der Waals surface area contributed by atoms with Gasteiger partial charge in [0.05, 0.1) is 16.6 Å². The molecule has 3 amide bonds. The Morgan fingerprint density at radius 1 is 0.814 bits per heavy atom. The average Bonchev–Trinajstić information content (AvgIpc) is 3.43. The maximum Gasteiger partial charge on any atom is 0.308 e. The number of thioether (sulfide) groups is 1. The molecule has 3 heterocycles. The Kier molecular flexibility index (Phi) is 7.37. The standard InChI is InChI=1S/C32H21Br2N3O4S2/c33-20-9-12-23(13-10-20)37-29(39)26-25(19-6-3-7-21(34)14-19)28-31(42-27(26)30(37)40)36(32(41)43-28)16-24(38)35-22-11-8-17-4-1-2-5-18(17)15-22/h1-15,25-27H,16H2,(H,35,38)/t25-,26-,27+/m0/s1. The lowest BCUT2D eigenvalue weighted by Crippen LogP contribution is -2.33. The van der Waals surface area contributed by atoms with Crippen molar-refractivity contribution in [3.05, 3.63) is 120 Å². The van der Waals surface area contributed by atoms with Gasteiger partial charge in [0.25, 0.3) is 0 Å². The van der Waals surface area contributed by atoms with E-state index in [2.05, 4.69) is 37.2 Å². The second-order valence-corrected chi connectivity index (χ2v) is 14.3. The Labute approximate surface area is 271 Å². The van der Waals surface area contributed by atoms with Gasteiger partial charge in [-0.3, -0.25) is 23.7 Å². The van der Waals surface area contributed by atoms with Gasteiger partial charge in [0.2, 0.25) is 17.7 Å². The van der Waals surface area contributed by atoms with Crippen LogP contribution in [0.5, 0.6) is 0 Å². The Balaban J connectivity index is 1.26. The van der Waals surface area contributed by atoms with Gasteiger partial charge in [-0.2, -0.15) is 0 Å². The summed E-state index contributed by atoms with van der Waals surface area (Å²) in [5.41, 5.74) is 1.94. The average molecular weight is 735 g/mol. The molecule has 2 aliphatic rings. The highest BCUT2D eigenvalue weighted by molar-refractivity contribution is 9.10. The molecule has 0 aliphatic carbocycles. The van der Waals surface area contributed by atoms with Gasteiger partial charge in [-0.25, -0.2) is 4.90 Å². The topological polar surface area (TPSA) is 88.5 Å². The molecule has 7 nitrogen and oxygen atoms in total. The van der Waals surface area contributed by atoms with Crippen molar-refractivity contribution in [2.45, 2.75) is 22.7 Å². The monoisotopic (exact) mass is 733 g/mol. The number of hydrogen-bond acceptors (Lipinski definition) is 6. The molecule has 3 atom stereocenters. The summed E-state index contributed by atoms with van der Waals surface area (Å²) in [5, 5.41) is 4.75. The first kappa shape index (κ1) is 28.3. The predicted octanol–water partition coefficient (Wildman–Crippen LogP) is 7.02. The molecule has 1 N–H and O–H groups in total.